The van der Waals surface area contributed by atoms with E-state index in [-0.39, 0.29) is 0 Å². The monoisotopic (exact) mass is 234 g/mol. The summed E-state index contributed by atoms with van der Waals surface area (Å²) in [6.07, 6.45) is 5.30. The first-order valence-electron chi connectivity index (χ1n) is 4.35. The Hall–Kier alpha value is -0.550. The average molecular weight is 235 g/mol. The topological polar surface area (TPSA) is 52.0 Å². The van der Waals surface area contributed by atoms with Crippen LogP contribution in [0.2, 0.25) is 0 Å². The molecule has 0 amide bonds. The average Bonchev–Trinajstić information content (AvgIpc) is 2.71. The maximum Gasteiger partial charge on any atom is 0.238 e. The van der Waals surface area contributed by atoms with Crippen LogP contribution in [0.4, 0.5) is 0 Å². The van der Waals surface area contributed by atoms with Gasteiger partial charge in [-0.15, -0.1) is 0 Å². The van der Waals surface area contributed by atoms with Crippen LogP contribution in [0.15, 0.2) is 12.4 Å². The van der Waals surface area contributed by atoms with Crippen molar-refractivity contribution in [2.75, 3.05) is 0 Å². The van der Waals surface area contributed by atoms with Crippen LogP contribution >= 0.6 is 10.7 Å². The molecule has 1 aromatic rings. The van der Waals surface area contributed by atoms with E-state index in [4.69, 9.17) is 10.7 Å². The van der Waals surface area contributed by atoms with Crippen molar-refractivity contribution in [3.63, 3.8) is 0 Å². The molecule has 1 aliphatic carbocycles. The van der Waals surface area contributed by atoms with E-state index in [2.05, 4.69) is 5.10 Å². The summed E-state index contributed by atoms with van der Waals surface area (Å²) in [4.78, 5) is 0. The maximum atomic E-state index is 11.3. The summed E-state index contributed by atoms with van der Waals surface area (Å²) in [5.41, 5.74) is 0.925. The summed E-state index contributed by atoms with van der Waals surface area (Å²) in [7, 11) is 3.75. The minimum atomic E-state index is -3.45. The van der Waals surface area contributed by atoms with Crippen LogP contribution in [0, 0.1) is 0 Å². The zero-order valence-corrected chi connectivity index (χ0v) is 9.35. The third-order valence-corrected chi connectivity index (χ3v) is 5.18. The van der Waals surface area contributed by atoms with Gasteiger partial charge in [-0.3, -0.25) is 4.68 Å². The van der Waals surface area contributed by atoms with E-state index >= 15 is 0 Å². The van der Waals surface area contributed by atoms with Crippen molar-refractivity contribution in [3.8, 4) is 0 Å². The third-order valence-electron chi connectivity index (χ3n) is 2.61. The van der Waals surface area contributed by atoms with Crippen LogP contribution in [0.25, 0.3) is 0 Å². The Morgan fingerprint density at radius 1 is 1.64 bits per heavy atom. The van der Waals surface area contributed by atoms with Crippen LogP contribution in [0.3, 0.4) is 0 Å². The highest BCUT2D eigenvalue weighted by atomic mass is 35.7. The zero-order chi connectivity index (χ0) is 10.4. The Labute approximate surface area is 87.3 Å². The molecule has 0 N–H and O–H groups in total. The highest BCUT2D eigenvalue weighted by molar-refractivity contribution is 8.15. The van der Waals surface area contributed by atoms with Gasteiger partial charge in [-0.25, -0.2) is 8.42 Å². The fourth-order valence-corrected chi connectivity index (χ4v) is 3.14. The van der Waals surface area contributed by atoms with Gasteiger partial charge in [0.15, 0.2) is 0 Å². The van der Waals surface area contributed by atoms with Crippen molar-refractivity contribution in [2.24, 2.45) is 7.05 Å². The standard InChI is InChI=1S/C8H11ClN2O2S/c1-11-6-7(5-10-11)4-8(2-3-8)14(9,12)13/h5-6H,2-4H2,1H3. The number of aromatic nitrogens is 2. The van der Waals surface area contributed by atoms with Gasteiger partial charge in [0.2, 0.25) is 9.05 Å². The van der Waals surface area contributed by atoms with E-state index in [0.717, 1.165) is 5.56 Å². The van der Waals surface area contributed by atoms with E-state index in [1.165, 1.54) is 0 Å². The number of aryl methyl sites for hydroxylation is 1. The fraction of sp³-hybridized carbons (Fsp3) is 0.625. The van der Waals surface area contributed by atoms with Gasteiger partial charge in [-0.2, -0.15) is 5.10 Å². The van der Waals surface area contributed by atoms with Gasteiger partial charge in [0.05, 0.1) is 10.9 Å². The Balaban J connectivity index is 2.20. The molecule has 78 valence electrons. The first-order chi connectivity index (χ1) is 6.43. The molecule has 0 atom stereocenters. The molecule has 0 aliphatic heterocycles. The normalized spacial score (nSPS) is 19.6. The van der Waals surface area contributed by atoms with Crippen LogP contribution in [0.1, 0.15) is 18.4 Å². The Morgan fingerprint density at radius 2 is 2.29 bits per heavy atom. The molecule has 0 radical (unpaired) electrons. The highest BCUT2D eigenvalue weighted by Gasteiger charge is 2.53. The molecule has 6 heteroatoms. The van der Waals surface area contributed by atoms with Crippen LogP contribution in [-0.4, -0.2) is 22.9 Å². The van der Waals surface area contributed by atoms with Crippen molar-refractivity contribution < 1.29 is 8.42 Å². The predicted octanol–water partition coefficient (Wildman–Crippen LogP) is 1.06. The second-order valence-corrected chi connectivity index (χ2v) is 6.78. The molecule has 0 unspecified atom stereocenters. The summed E-state index contributed by atoms with van der Waals surface area (Å²) in [5.74, 6) is 0. The molecular weight excluding hydrogens is 224 g/mol. The van der Waals surface area contributed by atoms with Crippen molar-refractivity contribution in [1.82, 2.24) is 9.78 Å². The van der Waals surface area contributed by atoms with Gasteiger partial charge in [0.25, 0.3) is 0 Å². The fourth-order valence-electron chi connectivity index (χ4n) is 1.58. The van der Waals surface area contributed by atoms with E-state index in [1.807, 2.05) is 6.20 Å². The molecule has 0 spiro atoms. The zero-order valence-electron chi connectivity index (χ0n) is 7.77. The minimum Gasteiger partial charge on any atom is -0.276 e. The van der Waals surface area contributed by atoms with Gasteiger partial charge in [-0.05, 0) is 24.8 Å². The van der Waals surface area contributed by atoms with Gasteiger partial charge in [0, 0.05) is 23.9 Å². The van der Waals surface area contributed by atoms with Crippen LogP contribution in [0.5, 0.6) is 0 Å². The van der Waals surface area contributed by atoms with E-state index < -0.39 is 13.8 Å². The Morgan fingerprint density at radius 3 is 2.64 bits per heavy atom. The van der Waals surface area contributed by atoms with Crippen LogP contribution in [-0.2, 0) is 22.5 Å². The Kier molecular flexibility index (Phi) is 2.12. The van der Waals surface area contributed by atoms with Gasteiger partial charge >= 0.3 is 0 Å². The molecule has 0 bridgehead atoms. The molecule has 1 heterocycles. The summed E-state index contributed by atoms with van der Waals surface area (Å²) in [5, 5.41) is 3.99. The molecular formula is C8H11ClN2O2S. The second-order valence-electron chi connectivity index (χ2n) is 3.82. The minimum absolute atomic E-state index is 0.479. The first kappa shape index (κ1) is 9.98. The molecule has 0 aromatic carbocycles. The molecule has 2 rings (SSSR count). The Bertz CT molecular complexity index is 448. The third kappa shape index (κ3) is 1.66. The van der Waals surface area contributed by atoms with Gasteiger partial charge < -0.3 is 0 Å². The molecule has 0 saturated heterocycles. The number of halogens is 1. The quantitative estimate of drug-likeness (QED) is 0.735. The molecule has 1 fully saturated rings. The summed E-state index contributed by atoms with van der Waals surface area (Å²) < 4.78 is 23.5. The lowest BCUT2D eigenvalue weighted by Gasteiger charge is -2.08. The summed E-state index contributed by atoms with van der Waals surface area (Å²) in [6.45, 7) is 0. The molecule has 1 saturated carbocycles. The van der Waals surface area contributed by atoms with E-state index in [1.54, 1.807) is 17.9 Å². The molecule has 14 heavy (non-hydrogen) atoms. The van der Waals surface area contributed by atoms with Crippen molar-refractivity contribution >= 4 is 19.7 Å². The molecule has 4 nitrogen and oxygen atoms in total. The van der Waals surface area contributed by atoms with E-state index in [0.29, 0.717) is 19.3 Å². The number of hydrogen-bond donors (Lipinski definition) is 0. The number of nitrogens with zero attached hydrogens (tertiary/aromatic N) is 2. The van der Waals surface area contributed by atoms with Crippen molar-refractivity contribution in [1.29, 1.82) is 0 Å². The number of rotatable bonds is 3. The largest absolute Gasteiger partial charge is 0.276 e. The lowest BCUT2D eigenvalue weighted by molar-refractivity contribution is 0.590. The molecule has 1 aliphatic rings. The van der Waals surface area contributed by atoms with E-state index in [9.17, 15) is 8.42 Å². The summed E-state index contributed by atoms with van der Waals surface area (Å²) in [6, 6.07) is 0. The van der Waals surface area contributed by atoms with Crippen molar-refractivity contribution in [3.05, 3.63) is 18.0 Å². The van der Waals surface area contributed by atoms with Crippen molar-refractivity contribution in [2.45, 2.75) is 24.0 Å². The molecule has 1 aromatic heterocycles. The summed E-state index contributed by atoms with van der Waals surface area (Å²) >= 11 is 0. The van der Waals surface area contributed by atoms with Gasteiger partial charge in [0.1, 0.15) is 0 Å². The highest BCUT2D eigenvalue weighted by Crippen LogP contribution is 2.47. The lowest BCUT2D eigenvalue weighted by atomic mass is 10.2. The first-order valence-corrected chi connectivity index (χ1v) is 6.66. The van der Waals surface area contributed by atoms with Gasteiger partial charge in [-0.1, -0.05) is 0 Å². The predicted molar refractivity (Wildman–Crippen MR) is 53.6 cm³/mol. The second kappa shape index (κ2) is 2.97. The lowest BCUT2D eigenvalue weighted by Crippen LogP contribution is -2.20. The maximum absolute atomic E-state index is 11.3. The smallest absolute Gasteiger partial charge is 0.238 e. The number of hydrogen-bond acceptors (Lipinski definition) is 3. The van der Waals surface area contributed by atoms with Crippen LogP contribution < -0.4 is 0 Å². The SMILES string of the molecule is Cn1cc(CC2(S(=O)(=O)Cl)CC2)cn1.